The molecule has 13 heteroatoms. The summed E-state index contributed by atoms with van der Waals surface area (Å²) in [5.74, 6) is -1.31. The van der Waals surface area contributed by atoms with Crippen molar-refractivity contribution >= 4 is 16.9 Å². The molecule has 5 N–H and O–H groups in total. The van der Waals surface area contributed by atoms with Crippen LogP contribution in [0.5, 0.6) is 0 Å². The lowest BCUT2D eigenvalue weighted by Gasteiger charge is -2.22. The van der Waals surface area contributed by atoms with Gasteiger partial charge < -0.3 is 20.5 Å². The molecule has 6 rings (SSSR count). The summed E-state index contributed by atoms with van der Waals surface area (Å²) in [6, 6.07) is 22.7. The maximum absolute atomic E-state index is 10.6. The quantitative estimate of drug-likeness (QED) is 0.235. The number of hydrogen-bond donors (Lipinski definition) is 4. The molecule has 0 amide bonds. The van der Waals surface area contributed by atoms with Gasteiger partial charge in [-0.05, 0) is 23.3 Å². The highest BCUT2D eigenvalue weighted by Crippen LogP contribution is 2.35. The normalized spacial score (nSPS) is 13.9. The molecule has 4 heterocycles. The molecule has 0 saturated carbocycles. The number of H-pyrrole nitrogens is 1. The molecule has 5 aromatic rings. The Bertz CT molecular complexity index is 1690. The highest BCUT2D eigenvalue weighted by Gasteiger charge is 2.38. The second-order valence-electron chi connectivity index (χ2n) is 9.83. The number of ether oxygens (including phenoxy) is 1. The fraction of sp³-hybridized carbons (Fsp3) is 0.233. The molecular formula is C30H29F3N7O3+. The van der Waals surface area contributed by atoms with Crippen molar-refractivity contribution in [2.45, 2.75) is 19.3 Å². The van der Waals surface area contributed by atoms with E-state index in [0.29, 0.717) is 12.4 Å². The number of quaternary nitrogens is 1. The van der Waals surface area contributed by atoms with Gasteiger partial charge in [-0.1, -0.05) is 54.6 Å². The smallest absolute Gasteiger partial charge is 0.475 e. The van der Waals surface area contributed by atoms with Crippen LogP contribution < -0.4 is 10.6 Å². The maximum atomic E-state index is 10.6. The molecule has 1 aliphatic rings. The van der Waals surface area contributed by atoms with Crippen LogP contribution in [0.25, 0.3) is 44.8 Å². The summed E-state index contributed by atoms with van der Waals surface area (Å²) in [6.45, 7) is 4.82. The molecular weight excluding hydrogens is 563 g/mol. The van der Waals surface area contributed by atoms with Crippen LogP contribution >= 0.6 is 0 Å². The summed E-state index contributed by atoms with van der Waals surface area (Å²) < 4.78 is 37.2. The molecule has 1 aliphatic heterocycles. The van der Waals surface area contributed by atoms with Crippen LogP contribution in [0.2, 0.25) is 0 Å². The van der Waals surface area contributed by atoms with Gasteiger partial charge in [0.05, 0.1) is 24.4 Å². The lowest BCUT2D eigenvalue weighted by Crippen LogP contribution is -3.12. The summed E-state index contributed by atoms with van der Waals surface area (Å²) in [5.41, 5.74) is 12.6. The molecule has 2 aromatic carbocycles. The lowest BCUT2D eigenvalue weighted by molar-refractivity contribution is -0.922. The van der Waals surface area contributed by atoms with Crippen molar-refractivity contribution in [3.05, 3.63) is 84.3 Å². The van der Waals surface area contributed by atoms with Crippen LogP contribution in [0.15, 0.2) is 72.9 Å². The molecule has 10 nitrogen and oxygen atoms in total. The van der Waals surface area contributed by atoms with Gasteiger partial charge in [0.15, 0.2) is 5.82 Å². The number of morpholine rings is 1. The third-order valence-electron chi connectivity index (χ3n) is 6.89. The molecule has 0 spiro atoms. The first-order valence-electron chi connectivity index (χ1n) is 13.5. The van der Waals surface area contributed by atoms with E-state index in [1.807, 2.05) is 24.3 Å². The van der Waals surface area contributed by atoms with Crippen LogP contribution in [0.1, 0.15) is 11.4 Å². The second kappa shape index (κ2) is 13.1. The van der Waals surface area contributed by atoms with E-state index in [-0.39, 0.29) is 0 Å². The summed E-state index contributed by atoms with van der Waals surface area (Å²) in [7, 11) is 0. The Balaban J connectivity index is 0.000000472. The number of nitrogens with two attached hydrogens (primary N) is 1. The van der Waals surface area contributed by atoms with Gasteiger partial charge in [0.25, 0.3) is 0 Å². The van der Waals surface area contributed by atoms with Crippen LogP contribution in [0.4, 0.5) is 13.2 Å². The zero-order chi connectivity index (χ0) is 30.4. The third kappa shape index (κ3) is 7.20. The van der Waals surface area contributed by atoms with Crippen molar-refractivity contribution in [1.29, 1.82) is 0 Å². The molecule has 0 aliphatic carbocycles. The van der Waals surface area contributed by atoms with E-state index in [1.165, 1.54) is 4.90 Å². The Morgan fingerprint density at radius 3 is 2.33 bits per heavy atom. The van der Waals surface area contributed by atoms with Gasteiger partial charge in [-0.25, -0.2) is 14.8 Å². The Morgan fingerprint density at radius 2 is 1.67 bits per heavy atom. The minimum absolute atomic E-state index is 0.512. The fourth-order valence-corrected chi connectivity index (χ4v) is 4.68. The highest BCUT2D eigenvalue weighted by molar-refractivity contribution is 5.97. The Morgan fingerprint density at radius 1 is 0.977 bits per heavy atom. The number of pyridine rings is 2. The number of aromatic amines is 1. The van der Waals surface area contributed by atoms with Gasteiger partial charge >= 0.3 is 12.1 Å². The number of nitrogens with zero attached hydrogens (tertiary/aromatic N) is 4. The zero-order valence-electron chi connectivity index (χ0n) is 22.9. The van der Waals surface area contributed by atoms with Gasteiger partial charge in [-0.2, -0.15) is 18.3 Å². The Labute approximate surface area is 244 Å². The van der Waals surface area contributed by atoms with E-state index in [1.54, 1.807) is 6.20 Å². The van der Waals surface area contributed by atoms with Crippen molar-refractivity contribution in [1.82, 2.24) is 25.1 Å². The third-order valence-corrected chi connectivity index (χ3v) is 6.89. The van der Waals surface area contributed by atoms with E-state index in [9.17, 15) is 13.2 Å². The number of hydrogen-bond acceptors (Lipinski definition) is 7. The van der Waals surface area contributed by atoms with Gasteiger partial charge in [0.1, 0.15) is 25.3 Å². The monoisotopic (exact) mass is 592 g/mol. The number of halogens is 3. The number of rotatable bonds is 6. The number of benzene rings is 2. The molecule has 0 radical (unpaired) electrons. The number of fused-ring (bicyclic) bond motifs is 1. The summed E-state index contributed by atoms with van der Waals surface area (Å²) in [5, 5.41) is 15.7. The van der Waals surface area contributed by atoms with E-state index < -0.39 is 12.1 Å². The van der Waals surface area contributed by atoms with Crippen molar-refractivity contribution in [2.24, 2.45) is 5.73 Å². The summed E-state index contributed by atoms with van der Waals surface area (Å²) >= 11 is 0. The average Bonchev–Trinajstić information content (AvgIpc) is 3.49. The maximum Gasteiger partial charge on any atom is 0.490 e. The van der Waals surface area contributed by atoms with Crippen molar-refractivity contribution in [2.75, 3.05) is 26.3 Å². The van der Waals surface area contributed by atoms with Crippen LogP contribution in [-0.4, -0.2) is 68.7 Å². The first-order valence-corrected chi connectivity index (χ1v) is 13.5. The number of carboxylic acid groups (broad SMARTS) is 1. The zero-order valence-corrected chi connectivity index (χ0v) is 22.9. The topological polar surface area (TPSA) is 144 Å². The molecule has 0 atom stereocenters. The van der Waals surface area contributed by atoms with E-state index in [4.69, 9.17) is 30.3 Å². The van der Waals surface area contributed by atoms with Crippen molar-refractivity contribution < 1.29 is 32.7 Å². The van der Waals surface area contributed by atoms with Crippen molar-refractivity contribution in [3.8, 4) is 33.9 Å². The predicted octanol–water partition coefficient (Wildman–Crippen LogP) is 3.26. The number of aliphatic carboxylic acids is 1. The number of carboxylic acids is 1. The van der Waals surface area contributed by atoms with E-state index >= 15 is 0 Å². The fourth-order valence-electron chi connectivity index (χ4n) is 4.68. The van der Waals surface area contributed by atoms with Crippen LogP contribution in [-0.2, 0) is 22.6 Å². The molecule has 222 valence electrons. The van der Waals surface area contributed by atoms with Gasteiger partial charge in [-0.15, -0.1) is 0 Å². The summed E-state index contributed by atoms with van der Waals surface area (Å²) in [4.78, 5) is 24.9. The lowest BCUT2D eigenvalue weighted by atomic mass is 9.96. The number of alkyl halides is 3. The Kier molecular flexibility index (Phi) is 9.04. The SMILES string of the molecule is NCc1ccc(-c2nc3ccnc(-c4n[nH]c(C[NH+]5CCOCC5)n4)c3cc2-c2ccccc2)cc1.O=C(O)C(F)(F)F. The molecule has 1 saturated heterocycles. The first kappa shape index (κ1) is 29.8. The highest BCUT2D eigenvalue weighted by atomic mass is 19.4. The van der Waals surface area contributed by atoms with Crippen molar-refractivity contribution in [3.63, 3.8) is 0 Å². The molecule has 43 heavy (non-hydrogen) atoms. The minimum atomic E-state index is -5.08. The van der Waals surface area contributed by atoms with E-state index in [0.717, 1.165) is 83.2 Å². The van der Waals surface area contributed by atoms with Gasteiger partial charge in [-0.3, -0.25) is 10.1 Å². The largest absolute Gasteiger partial charge is 0.490 e. The Hall–Kier alpha value is -4.72. The average molecular weight is 593 g/mol. The molecule has 1 fully saturated rings. The second-order valence-corrected chi connectivity index (χ2v) is 9.83. The molecule has 3 aromatic heterocycles. The predicted molar refractivity (Wildman–Crippen MR) is 153 cm³/mol. The molecule has 0 bridgehead atoms. The summed E-state index contributed by atoms with van der Waals surface area (Å²) in [6.07, 6.45) is -3.31. The van der Waals surface area contributed by atoms with Gasteiger partial charge in [0, 0.05) is 29.3 Å². The standard InChI is InChI=1S/C28H27N7O.C2HF3O2/c29-17-19-6-8-21(9-7-19)26-22(20-4-2-1-3-5-20)16-23-24(31-26)10-11-30-27(23)28-32-25(33-34-28)18-35-12-14-36-15-13-35;3-2(4,5)1(6)7/h1-11,16H,12-15,17-18,29H2,(H,32,33,34);(H,6,7)/p+1. The van der Waals surface area contributed by atoms with Crippen LogP contribution in [0, 0.1) is 0 Å². The first-order chi connectivity index (χ1) is 20.7. The van der Waals surface area contributed by atoms with E-state index in [2.05, 4.69) is 57.6 Å². The minimum Gasteiger partial charge on any atom is -0.475 e. The molecule has 0 unspecified atom stereocenters. The van der Waals surface area contributed by atoms with Gasteiger partial charge in [0.2, 0.25) is 5.82 Å². The number of nitrogens with one attached hydrogen (secondary N) is 2. The number of aromatic nitrogens is 5. The van der Waals surface area contributed by atoms with Crippen LogP contribution in [0.3, 0.4) is 0 Å². The number of carbonyl (C=O) groups is 1.